The molecule has 0 atom stereocenters. The number of carboxylic acid groups (broad SMARTS) is 1. The van der Waals surface area contributed by atoms with E-state index in [1.807, 2.05) is 61.5 Å². The van der Waals surface area contributed by atoms with E-state index < -0.39 is 5.97 Å². The lowest BCUT2D eigenvalue weighted by Crippen LogP contribution is -2.08. The fourth-order valence-electron chi connectivity index (χ4n) is 3.46. The Morgan fingerprint density at radius 2 is 1.66 bits per heavy atom. The Bertz CT molecular complexity index is 1240. The monoisotopic (exact) mass is 403 g/mol. The second-order valence-electron chi connectivity index (χ2n) is 6.97. The van der Waals surface area contributed by atoms with Crippen molar-refractivity contribution in [3.8, 4) is 11.1 Å². The van der Waals surface area contributed by atoms with Crippen molar-refractivity contribution in [2.45, 2.75) is 13.3 Å². The lowest BCUT2D eigenvalue weighted by atomic mass is 9.98. The summed E-state index contributed by atoms with van der Waals surface area (Å²) in [6.07, 6.45) is -0.217. The number of ketones is 1. The minimum Gasteiger partial charge on any atom is -0.481 e. The van der Waals surface area contributed by atoms with E-state index in [2.05, 4.69) is 4.98 Å². The highest BCUT2D eigenvalue weighted by molar-refractivity contribution is 6.31. The van der Waals surface area contributed by atoms with Crippen LogP contribution in [0.4, 0.5) is 0 Å². The van der Waals surface area contributed by atoms with Gasteiger partial charge >= 0.3 is 5.97 Å². The fourth-order valence-corrected chi connectivity index (χ4v) is 3.64. The number of halogens is 1. The molecule has 4 rings (SSSR count). The molecule has 2 N–H and O–H groups in total. The highest BCUT2D eigenvalue weighted by Gasteiger charge is 2.20. The summed E-state index contributed by atoms with van der Waals surface area (Å²) in [6.45, 7) is 1.95. The number of aromatic amines is 1. The standard InChI is InChI=1S/C24H18ClNO3/c1-14-6-7-17(12-20(14)25)15-8-10-16(11-9-15)24(29)23-19(13-22(27)28)18-4-2-3-5-21(18)26-23/h2-12,26H,13H2,1H3,(H,27,28). The van der Waals surface area contributed by atoms with Gasteiger partial charge in [0.2, 0.25) is 5.78 Å². The first-order valence-electron chi connectivity index (χ1n) is 9.16. The van der Waals surface area contributed by atoms with Crippen LogP contribution < -0.4 is 0 Å². The predicted octanol–water partition coefficient (Wildman–Crippen LogP) is 5.65. The molecule has 3 aromatic carbocycles. The average molecular weight is 404 g/mol. The predicted molar refractivity (Wildman–Crippen MR) is 115 cm³/mol. The number of nitrogens with one attached hydrogen (secondary N) is 1. The normalized spacial score (nSPS) is 11.0. The molecule has 0 aliphatic rings. The first kappa shape index (κ1) is 19.0. The molecule has 29 heavy (non-hydrogen) atoms. The number of aryl methyl sites for hydroxylation is 1. The summed E-state index contributed by atoms with van der Waals surface area (Å²) in [7, 11) is 0. The lowest BCUT2D eigenvalue weighted by Gasteiger charge is -2.07. The van der Waals surface area contributed by atoms with Gasteiger partial charge in [-0.25, -0.2) is 0 Å². The summed E-state index contributed by atoms with van der Waals surface area (Å²) < 4.78 is 0. The van der Waals surface area contributed by atoms with Gasteiger partial charge < -0.3 is 10.1 Å². The first-order valence-corrected chi connectivity index (χ1v) is 9.54. The van der Waals surface area contributed by atoms with Crippen molar-refractivity contribution in [3.63, 3.8) is 0 Å². The molecule has 0 radical (unpaired) electrons. The number of carboxylic acids is 1. The maximum atomic E-state index is 13.1. The Hall–Kier alpha value is -3.37. The van der Waals surface area contributed by atoms with Crippen LogP contribution in [0.1, 0.15) is 27.2 Å². The first-order chi connectivity index (χ1) is 13.9. The van der Waals surface area contributed by atoms with Crippen LogP contribution in [0.2, 0.25) is 5.02 Å². The van der Waals surface area contributed by atoms with Gasteiger partial charge in [-0.05, 0) is 35.7 Å². The van der Waals surface area contributed by atoms with Crippen LogP contribution in [0.15, 0.2) is 66.7 Å². The summed E-state index contributed by atoms with van der Waals surface area (Å²) in [6, 6.07) is 20.4. The van der Waals surface area contributed by atoms with E-state index >= 15 is 0 Å². The second kappa shape index (κ2) is 7.57. The molecule has 0 bridgehead atoms. The Labute approximate surface area is 172 Å². The van der Waals surface area contributed by atoms with Crippen molar-refractivity contribution in [1.82, 2.24) is 4.98 Å². The quantitative estimate of drug-likeness (QED) is 0.423. The highest BCUT2D eigenvalue weighted by atomic mass is 35.5. The molecule has 1 heterocycles. The van der Waals surface area contributed by atoms with E-state index in [-0.39, 0.29) is 12.2 Å². The molecule has 0 spiro atoms. The zero-order valence-corrected chi connectivity index (χ0v) is 16.5. The molecule has 0 aliphatic carbocycles. The van der Waals surface area contributed by atoms with Crippen LogP contribution in [0, 0.1) is 6.92 Å². The van der Waals surface area contributed by atoms with Gasteiger partial charge in [0, 0.05) is 27.1 Å². The molecule has 0 saturated heterocycles. The van der Waals surface area contributed by atoms with Gasteiger partial charge in [-0.15, -0.1) is 0 Å². The summed E-state index contributed by atoms with van der Waals surface area (Å²) in [5.74, 6) is -1.21. The van der Waals surface area contributed by atoms with Crippen molar-refractivity contribution < 1.29 is 14.7 Å². The van der Waals surface area contributed by atoms with Gasteiger partial charge in [-0.2, -0.15) is 0 Å². The van der Waals surface area contributed by atoms with E-state index in [1.165, 1.54) is 0 Å². The zero-order valence-electron chi connectivity index (χ0n) is 15.7. The molecular weight excluding hydrogens is 386 g/mol. The number of carbonyl (C=O) groups excluding carboxylic acids is 1. The molecule has 0 unspecified atom stereocenters. The van der Waals surface area contributed by atoms with E-state index in [0.29, 0.717) is 21.8 Å². The number of carbonyl (C=O) groups is 2. The zero-order chi connectivity index (χ0) is 20.5. The van der Waals surface area contributed by atoms with Crippen molar-refractivity contribution in [1.29, 1.82) is 0 Å². The van der Waals surface area contributed by atoms with Crippen LogP contribution in [-0.2, 0) is 11.2 Å². The minimum absolute atomic E-state index is 0.217. The Balaban J connectivity index is 1.71. The van der Waals surface area contributed by atoms with Crippen molar-refractivity contribution in [2.75, 3.05) is 0 Å². The average Bonchev–Trinajstić information content (AvgIpc) is 3.07. The van der Waals surface area contributed by atoms with Gasteiger partial charge in [-0.1, -0.05) is 66.2 Å². The molecule has 0 saturated carbocycles. The summed E-state index contributed by atoms with van der Waals surface area (Å²) in [5.41, 5.74) is 4.99. The molecule has 144 valence electrons. The number of rotatable bonds is 5. The smallest absolute Gasteiger partial charge is 0.307 e. The largest absolute Gasteiger partial charge is 0.481 e. The highest BCUT2D eigenvalue weighted by Crippen LogP contribution is 2.28. The second-order valence-corrected chi connectivity index (χ2v) is 7.37. The number of H-pyrrole nitrogens is 1. The van der Waals surface area contributed by atoms with Crippen molar-refractivity contribution in [2.24, 2.45) is 0 Å². The number of hydrogen-bond donors (Lipinski definition) is 2. The molecule has 4 aromatic rings. The topological polar surface area (TPSA) is 70.2 Å². The lowest BCUT2D eigenvalue weighted by molar-refractivity contribution is -0.136. The fraction of sp³-hybridized carbons (Fsp3) is 0.0833. The molecular formula is C24H18ClNO3. The van der Waals surface area contributed by atoms with Gasteiger partial charge in [0.25, 0.3) is 0 Å². The van der Waals surface area contributed by atoms with Crippen molar-refractivity contribution in [3.05, 3.63) is 94.1 Å². The van der Waals surface area contributed by atoms with Crippen molar-refractivity contribution >= 4 is 34.3 Å². The molecule has 5 heteroatoms. The Kier molecular flexibility index (Phi) is 4.95. The van der Waals surface area contributed by atoms with Gasteiger partial charge in [-0.3, -0.25) is 9.59 Å². The van der Waals surface area contributed by atoms with Gasteiger partial charge in [0.15, 0.2) is 0 Å². The number of hydrogen-bond acceptors (Lipinski definition) is 2. The molecule has 0 fully saturated rings. The third-order valence-corrected chi connectivity index (χ3v) is 5.43. The number of para-hydroxylation sites is 1. The third-order valence-electron chi connectivity index (χ3n) is 5.02. The maximum absolute atomic E-state index is 13.1. The summed E-state index contributed by atoms with van der Waals surface area (Å²) >= 11 is 6.22. The Morgan fingerprint density at radius 1 is 0.966 bits per heavy atom. The van der Waals surface area contributed by atoms with Crippen LogP contribution in [-0.4, -0.2) is 21.8 Å². The molecule has 1 aromatic heterocycles. The van der Waals surface area contributed by atoms with E-state index in [0.717, 1.165) is 27.6 Å². The molecule has 0 aliphatic heterocycles. The van der Waals surface area contributed by atoms with Gasteiger partial charge in [0.05, 0.1) is 12.1 Å². The van der Waals surface area contributed by atoms with E-state index in [4.69, 9.17) is 11.6 Å². The van der Waals surface area contributed by atoms with Gasteiger partial charge in [0.1, 0.15) is 0 Å². The van der Waals surface area contributed by atoms with E-state index in [1.54, 1.807) is 12.1 Å². The number of benzene rings is 3. The van der Waals surface area contributed by atoms with Crippen LogP contribution in [0.5, 0.6) is 0 Å². The minimum atomic E-state index is -0.976. The number of fused-ring (bicyclic) bond motifs is 1. The summed E-state index contributed by atoms with van der Waals surface area (Å²) in [5, 5.41) is 10.7. The SMILES string of the molecule is Cc1ccc(-c2ccc(C(=O)c3[nH]c4ccccc4c3CC(=O)O)cc2)cc1Cl. The molecule has 4 nitrogen and oxygen atoms in total. The number of aromatic nitrogens is 1. The van der Waals surface area contributed by atoms with Crippen LogP contribution in [0.3, 0.4) is 0 Å². The third kappa shape index (κ3) is 3.67. The Morgan fingerprint density at radius 3 is 2.34 bits per heavy atom. The maximum Gasteiger partial charge on any atom is 0.307 e. The molecule has 0 amide bonds. The number of aliphatic carboxylic acids is 1. The van der Waals surface area contributed by atoms with Crippen LogP contribution in [0.25, 0.3) is 22.0 Å². The van der Waals surface area contributed by atoms with Crippen LogP contribution >= 0.6 is 11.6 Å². The summed E-state index contributed by atoms with van der Waals surface area (Å²) in [4.78, 5) is 27.6. The van der Waals surface area contributed by atoms with E-state index in [9.17, 15) is 14.7 Å².